The average Bonchev–Trinajstić information content (AvgIpc) is 2.39. The Labute approximate surface area is 115 Å². The summed E-state index contributed by atoms with van der Waals surface area (Å²) < 4.78 is 13.7. The number of hydrogen-bond acceptors (Lipinski definition) is 3. The van der Waals surface area contributed by atoms with Crippen molar-refractivity contribution in [1.82, 2.24) is 4.90 Å². The van der Waals surface area contributed by atoms with Gasteiger partial charge in [-0.25, -0.2) is 4.39 Å². The third kappa shape index (κ3) is 3.67. The number of hydrogen-bond donors (Lipinski definition) is 1. The highest BCUT2D eigenvalue weighted by Crippen LogP contribution is 2.25. The smallest absolute Gasteiger partial charge is 0.129 e. The molecule has 1 heterocycles. The number of halogens is 1. The summed E-state index contributed by atoms with van der Waals surface area (Å²) in [5, 5.41) is 0. The van der Waals surface area contributed by atoms with Crippen molar-refractivity contribution in [1.29, 1.82) is 0 Å². The maximum atomic E-state index is 13.7. The molecule has 0 radical (unpaired) electrons. The zero-order valence-corrected chi connectivity index (χ0v) is 11.9. The monoisotopic (exact) mass is 265 g/mol. The first-order valence-corrected chi connectivity index (χ1v) is 6.98. The quantitative estimate of drug-likeness (QED) is 0.904. The molecule has 19 heavy (non-hydrogen) atoms. The van der Waals surface area contributed by atoms with Crippen LogP contribution in [0.3, 0.4) is 0 Å². The highest BCUT2D eigenvalue weighted by molar-refractivity contribution is 5.48. The molecule has 0 aliphatic carbocycles. The molecule has 2 rings (SSSR count). The van der Waals surface area contributed by atoms with Crippen LogP contribution in [-0.4, -0.2) is 38.6 Å². The van der Waals surface area contributed by atoms with Crippen molar-refractivity contribution in [3.63, 3.8) is 0 Å². The molecule has 0 spiro atoms. The van der Waals surface area contributed by atoms with Gasteiger partial charge in [0.25, 0.3) is 0 Å². The van der Waals surface area contributed by atoms with Gasteiger partial charge < -0.3 is 15.5 Å². The minimum absolute atomic E-state index is 0.185. The van der Waals surface area contributed by atoms with Crippen LogP contribution in [0, 0.1) is 11.7 Å². The van der Waals surface area contributed by atoms with E-state index in [2.05, 4.69) is 23.9 Å². The predicted molar refractivity (Wildman–Crippen MR) is 77.8 cm³/mol. The summed E-state index contributed by atoms with van der Waals surface area (Å²) in [5.41, 5.74) is 7.06. The molecule has 106 valence electrons. The van der Waals surface area contributed by atoms with Crippen LogP contribution in [0.4, 0.5) is 10.1 Å². The summed E-state index contributed by atoms with van der Waals surface area (Å²) in [4.78, 5) is 4.52. The standard InChI is InChI=1S/C15H24FN3/c1-18(2)11-12-5-7-19(8-6-12)14-4-3-13(10-17)15(16)9-14/h3-4,9,12H,5-8,10-11,17H2,1-2H3. The average molecular weight is 265 g/mol. The summed E-state index contributed by atoms with van der Waals surface area (Å²) in [5.74, 6) is 0.579. The second-order valence-corrected chi connectivity index (χ2v) is 5.67. The molecule has 1 aliphatic rings. The maximum Gasteiger partial charge on any atom is 0.129 e. The first-order valence-electron chi connectivity index (χ1n) is 6.98. The molecule has 1 fully saturated rings. The fourth-order valence-electron chi connectivity index (χ4n) is 2.79. The molecule has 0 saturated carbocycles. The first kappa shape index (κ1) is 14.3. The molecule has 1 aromatic carbocycles. The minimum Gasteiger partial charge on any atom is -0.371 e. The fraction of sp³-hybridized carbons (Fsp3) is 0.600. The lowest BCUT2D eigenvalue weighted by atomic mass is 9.96. The van der Waals surface area contributed by atoms with E-state index in [0.29, 0.717) is 5.56 Å². The summed E-state index contributed by atoms with van der Waals surface area (Å²) in [6, 6.07) is 5.41. The van der Waals surface area contributed by atoms with Crippen LogP contribution >= 0.6 is 0 Å². The van der Waals surface area contributed by atoms with Gasteiger partial charge in [0.1, 0.15) is 5.82 Å². The van der Waals surface area contributed by atoms with Gasteiger partial charge in [-0.3, -0.25) is 0 Å². The number of piperidine rings is 1. The van der Waals surface area contributed by atoms with E-state index >= 15 is 0 Å². The SMILES string of the molecule is CN(C)CC1CCN(c2ccc(CN)c(F)c2)CC1. The largest absolute Gasteiger partial charge is 0.371 e. The fourth-order valence-corrected chi connectivity index (χ4v) is 2.79. The number of anilines is 1. The Hall–Kier alpha value is -1.13. The van der Waals surface area contributed by atoms with Crippen molar-refractivity contribution in [3.05, 3.63) is 29.6 Å². The van der Waals surface area contributed by atoms with E-state index in [-0.39, 0.29) is 12.4 Å². The van der Waals surface area contributed by atoms with E-state index in [0.717, 1.165) is 31.2 Å². The lowest BCUT2D eigenvalue weighted by molar-refractivity contribution is 0.285. The predicted octanol–water partition coefficient (Wildman–Crippen LogP) is 2.06. The van der Waals surface area contributed by atoms with Crippen molar-refractivity contribution in [3.8, 4) is 0 Å². The van der Waals surface area contributed by atoms with Crippen molar-refractivity contribution >= 4 is 5.69 Å². The Morgan fingerprint density at radius 3 is 2.53 bits per heavy atom. The molecule has 1 saturated heterocycles. The van der Waals surface area contributed by atoms with Crippen LogP contribution in [0.5, 0.6) is 0 Å². The summed E-state index contributed by atoms with van der Waals surface area (Å²) in [7, 11) is 4.24. The zero-order chi connectivity index (χ0) is 13.8. The van der Waals surface area contributed by atoms with Crippen LogP contribution < -0.4 is 10.6 Å². The van der Waals surface area contributed by atoms with Crippen molar-refractivity contribution in [2.24, 2.45) is 11.7 Å². The minimum atomic E-state index is -0.185. The molecule has 4 heteroatoms. The number of nitrogens with zero attached hydrogens (tertiary/aromatic N) is 2. The zero-order valence-electron chi connectivity index (χ0n) is 11.9. The second kappa shape index (κ2) is 6.35. The third-order valence-corrected chi connectivity index (χ3v) is 3.86. The van der Waals surface area contributed by atoms with Crippen LogP contribution in [0.2, 0.25) is 0 Å². The normalized spacial score (nSPS) is 17.2. The van der Waals surface area contributed by atoms with Gasteiger partial charge in [-0.05, 0) is 45.0 Å². The van der Waals surface area contributed by atoms with Gasteiger partial charge in [-0.2, -0.15) is 0 Å². The van der Waals surface area contributed by atoms with E-state index in [1.165, 1.54) is 12.8 Å². The molecule has 1 aromatic rings. The molecule has 1 aliphatic heterocycles. The second-order valence-electron chi connectivity index (χ2n) is 5.67. The molecule has 2 N–H and O–H groups in total. The molecular weight excluding hydrogens is 241 g/mol. The molecule has 3 nitrogen and oxygen atoms in total. The summed E-state index contributed by atoms with van der Waals surface area (Å²) in [6.45, 7) is 3.44. The molecule has 0 amide bonds. The van der Waals surface area contributed by atoms with Gasteiger partial charge in [0.2, 0.25) is 0 Å². The lowest BCUT2D eigenvalue weighted by Gasteiger charge is -2.34. The van der Waals surface area contributed by atoms with Crippen molar-refractivity contribution in [2.75, 3.05) is 38.6 Å². The molecule has 0 unspecified atom stereocenters. The molecule has 0 bridgehead atoms. The van der Waals surface area contributed by atoms with Crippen molar-refractivity contribution in [2.45, 2.75) is 19.4 Å². The first-order chi connectivity index (χ1) is 9.10. The van der Waals surface area contributed by atoms with E-state index in [9.17, 15) is 4.39 Å². The lowest BCUT2D eigenvalue weighted by Crippen LogP contribution is -2.37. The van der Waals surface area contributed by atoms with Gasteiger partial charge in [0, 0.05) is 37.4 Å². The van der Waals surface area contributed by atoms with Gasteiger partial charge in [-0.15, -0.1) is 0 Å². The number of rotatable bonds is 4. The van der Waals surface area contributed by atoms with Crippen LogP contribution in [0.1, 0.15) is 18.4 Å². The van der Waals surface area contributed by atoms with Gasteiger partial charge in [-0.1, -0.05) is 6.07 Å². The Balaban J connectivity index is 1.96. The van der Waals surface area contributed by atoms with Crippen LogP contribution in [0.25, 0.3) is 0 Å². The summed E-state index contributed by atoms with van der Waals surface area (Å²) >= 11 is 0. The summed E-state index contributed by atoms with van der Waals surface area (Å²) in [6.07, 6.45) is 2.36. The third-order valence-electron chi connectivity index (χ3n) is 3.86. The van der Waals surface area contributed by atoms with E-state index in [1.54, 1.807) is 12.1 Å². The number of benzene rings is 1. The van der Waals surface area contributed by atoms with E-state index in [4.69, 9.17) is 5.73 Å². The Kier molecular flexibility index (Phi) is 4.77. The molecular formula is C15H24FN3. The van der Waals surface area contributed by atoms with Crippen LogP contribution in [0.15, 0.2) is 18.2 Å². The topological polar surface area (TPSA) is 32.5 Å². The Morgan fingerprint density at radius 2 is 2.00 bits per heavy atom. The van der Waals surface area contributed by atoms with E-state index in [1.807, 2.05) is 6.07 Å². The molecule has 0 atom stereocenters. The van der Waals surface area contributed by atoms with Gasteiger partial charge in [0.15, 0.2) is 0 Å². The van der Waals surface area contributed by atoms with Crippen LogP contribution in [-0.2, 0) is 6.54 Å². The Bertz CT molecular complexity index is 412. The van der Waals surface area contributed by atoms with Gasteiger partial charge >= 0.3 is 0 Å². The highest BCUT2D eigenvalue weighted by Gasteiger charge is 2.20. The molecule has 0 aromatic heterocycles. The Morgan fingerprint density at radius 1 is 1.32 bits per heavy atom. The maximum absolute atomic E-state index is 13.7. The van der Waals surface area contributed by atoms with E-state index < -0.39 is 0 Å². The highest BCUT2D eigenvalue weighted by atomic mass is 19.1. The van der Waals surface area contributed by atoms with Crippen molar-refractivity contribution < 1.29 is 4.39 Å². The number of nitrogens with two attached hydrogens (primary N) is 1. The van der Waals surface area contributed by atoms with Gasteiger partial charge in [0.05, 0.1) is 0 Å².